The number of phenolic OH excluding ortho intramolecular Hbond substituents is 1. The van der Waals surface area contributed by atoms with Crippen molar-refractivity contribution in [3.63, 3.8) is 0 Å². The molecule has 0 aromatic heterocycles. The first-order chi connectivity index (χ1) is 11.1. The number of aromatic hydroxyl groups is 1. The molecular formula is C17H23N3O3. The topological polar surface area (TPSA) is 81.7 Å². The molecule has 2 heterocycles. The van der Waals surface area contributed by atoms with Crippen LogP contribution in [0.2, 0.25) is 0 Å². The maximum absolute atomic E-state index is 12.3. The minimum absolute atomic E-state index is 0.0801. The Labute approximate surface area is 135 Å². The summed E-state index contributed by atoms with van der Waals surface area (Å²) in [5.74, 6) is 0.337. The predicted octanol–water partition coefficient (Wildman–Crippen LogP) is 0.722. The highest BCUT2D eigenvalue weighted by atomic mass is 16.3. The number of carbonyl (C=O) groups excluding carboxylic acids is 2. The molecule has 0 radical (unpaired) electrons. The van der Waals surface area contributed by atoms with Gasteiger partial charge in [0.05, 0.1) is 6.04 Å². The molecule has 2 aliphatic rings. The lowest BCUT2D eigenvalue weighted by Gasteiger charge is -2.20. The van der Waals surface area contributed by atoms with E-state index in [2.05, 4.69) is 10.6 Å². The van der Waals surface area contributed by atoms with Crippen LogP contribution in [-0.2, 0) is 4.79 Å². The normalized spacial score (nSPS) is 23.9. The van der Waals surface area contributed by atoms with E-state index in [9.17, 15) is 14.7 Å². The first-order valence-corrected chi connectivity index (χ1v) is 8.23. The molecule has 0 bridgehead atoms. The van der Waals surface area contributed by atoms with Gasteiger partial charge in [-0.2, -0.15) is 0 Å². The first-order valence-electron chi connectivity index (χ1n) is 8.23. The van der Waals surface area contributed by atoms with Gasteiger partial charge in [-0.25, -0.2) is 0 Å². The van der Waals surface area contributed by atoms with Crippen molar-refractivity contribution in [3.05, 3.63) is 29.8 Å². The fourth-order valence-corrected chi connectivity index (χ4v) is 3.30. The number of likely N-dealkylation sites (tertiary alicyclic amines) is 1. The molecule has 2 aliphatic heterocycles. The van der Waals surface area contributed by atoms with Crippen LogP contribution >= 0.6 is 0 Å². The number of rotatable bonds is 4. The van der Waals surface area contributed by atoms with E-state index in [0.29, 0.717) is 12.1 Å². The quantitative estimate of drug-likeness (QED) is 0.764. The predicted molar refractivity (Wildman–Crippen MR) is 86.2 cm³/mol. The molecule has 23 heavy (non-hydrogen) atoms. The first kappa shape index (κ1) is 15.8. The Kier molecular flexibility index (Phi) is 4.81. The van der Waals surface area contributed by atoms with E-state index >= 15 is 0 Å². The minimum atomic E-state index is -0.199. The van der Waals surface area contributed by atoms with Crippen molar-refractivity contribution in [2.75, 3.05) is 26.2 Å². The number of phenols is 1. The molecule has 6 heteroatoms. The fraction of sp³-hybridized carbons (Fsp3) is 0.529. The molecule has 2 fully saturated rings. The van der Waals surface area contributed by atoms with Gasteiger partial charge in [0.25, 0.3) is 5.91 Å². The zero-order valence-electron chi connectivity index (χ0n) is 13.1. The Balaban J connectivity index is 1.46. The van der Waals surface area contributed by atoms with E-state index in [1.807, 2.05) is 4.90 Å². The number of hydrogen-bond acceptors (Lipinski definition) is 4. The van der Waals surface area contributed by atoms with Crippen LogP contribution in [0.5, 0.6) is 5.75 Å². The van der Waals surface area contributed by atoms with Gasteiger partial charge < -0.3 is 20.6 Å². The Morgan fingerprint density at radius 3 is 2.83 bits per heavy atom. The SMILES string of the molecule is O=C(NCC1CNC(C(=O)N2CCCC2)C1)c1cccc(O)c1. The second kappa shape index (κ2) is 7.00. The van der Waals surface area contributed by atoms with E-state index in [0.717, 1.165) is 38.9 Å². The second-order valence-electron chi connectivity index (χ2n) is 6.36. The van der Waals surface area contributed by atoms with Crippen LogP contribution in [0.25, 0.3) is 0 Å². The zero-order chi connectivity index (χ0) is 16.2. The molecular weight excluding hydrogens is 294 g/mol. The maximum Gasteiger partial charge on any atom is 0.251 e. The summed E-state index contributed by atoms with van der Waals surface area (Å²) < 4.78 is 0. The highest BCUT2D eigenvalue weighted by molar-refractivity contribution is 5.94. The molecule has 1 aromatic carbocycles. The summed E-state index contributed by atoms with van der Waals surface area (Å²) >= 11 is 0. The standard InChI is InChI=1S/C17H23N3O3/c21-14-5-3-4-13(9-14)16(22)19-11-12-8-15(18-10-12)17(23)20-6-1-2-7-20/h3-5,9,12,15,18,21H,1-2,6-8,10-11H2,(H,19,22). The highest BCUT2D eigenvalue weighted by Crippen LogP contribution is 2.18. The van der Waals surface area contributed by atoms with Crippen LogP contribution in [-0.4, -0.2) is 54.0 Å². The van der Waals surface area contributed by atoms with E-state index in [1.165, 1.54) is 12.1 Å². The molecule has 1 aromatic rings. The van der Waals surface area contributed by atoms with Gasteiger partial charge >= 0.3 is 0 Å². The van der Waals surface area contributed by atoms with Gasteiger partial charge in [0, 0.05) is 31.7 Å². The van der Waals surface area contributed by atoms with Gasteiger partial charge in [-0.05, 0) is 43.4 Å². The van der Waals surface area contributed by atoms with Crippen LogP contribution in [0.3, 0.4) is 0 Å². The average Bonchev–Trinajstić information content (AvgIpc) is 3.23. The largest absolute Gasteiger partial charge is 0.508 e. The van der Waals surface area contributed by atoms with Crippen molar-refractivity contribution in [1.29, 1.82) is 0 Å². The van der Waals surface area contributed by atoms with Crippen LogP contribution < -0.4 is 10.6 Å². The lowest BCUT2D eigenvalue weighted by atomic mass is 10.0. The fourth-order valence-electron chi connectivity index (χ4n) is 3.30. The summed E-state index contributed by atoms with van der Waals surface area (Å²) in [5.41, 5.74) is 0.445. The van der Waals surface area contributed by atoms with Crippen molar-refractivity contribution in [1.82, 2.24) is 15.5 Å². The van der Waals surface area contributed by atoms with Crippen LogP contribution in [0, 0.1) is 5.92 Å². The number of nitrogens with one attached hydrogen (secondary N) is 2. The summed E-state index contributed by atoms with van der Waals surface area (Å²) in [4.78, 5) is 26.3. The van der Waals surface area contributed by atoms with Crippen molar-refractivity contribution in [2.24, 2.45) is 5.92 Å². The third-order valence-electron chi connectivity index (χ3n) is 4.60. The molecule has 2 amide bonds. The third kappa shape index (κ3) is 3.82. The highest BCUT2D eigenvalue weighted by Gasteiger charge is 2.33. The lowest BCUT2D eigenvalue weighted by molar-refractivity contribution is -0.132. The second-order valence-corrected chi connectivity index (χ2v) is 6.36. The van der Waals surface area contributed by atoms with E-state index in [1.54, 1.807) is 12.1 Å². The average molecular weight is 317 g/mol. The summed E-state index contributed by atoms with van der Waals surface area (Å²) in [6.07, 6.45) is 2.96. The van der Waals surface area contributed by atoms with Gasteiger partial charge in [0.1, 0.15) is 5.75 Å². The van der Waals surface area contributed by atoms with Crippen molar-refractivity contribution >= 4 is 11.8 Å². The zero-order valence-corrected chi connectivity index (χ0v) is 13.1. The Bertz CT molecular complexity index is 584. The van der Waals surface area contributed by atoms with Crippen molar-refractivity contribution in [2.45, 2.75) is 25.3 Å². The minimum Gasteiger partial charge on any atom is -0.508 e. The molecule has 0 spiro atoms. The van der Waals surface area contributed by atoms with E-state index < -0.39 is 0 Å². The van der Waals surface area contributed by atoms with Gasteiger partial charge in [-0.15, -0.1) is 0 Å². The molecule has 3 N–H and O–H groups in total. The maximum atomic E-state index is 12.3. The number of nitrogens with zero attached hydrogens (tertiary/aromatic N) is 1. The molecule has 0 aliphatic carbocycles. The van der Waals surface area contributed by atoms with Crippen LogP contribution in [0.15, 0.2) is 24.3 Å². The lowest BCUT2D eigenvalue weighted by Crippen LogP contribution is -2.42. The number of benzene rings is 1. The number of amides is 2. The molecule has 124 valence electrons. The monoisotopic (exact) mass is 317 g/mol. The molecule has 2 unspecified atom stereocenters. The van der Waals surface area contributed by atoms with Crippen LogP contribution in [0.4, 0.5) is 0 Å². The Morgan fingerprint density at radius 2 is 2.09 bits per heavy atom. The third-order valence-corrected chi connectivity index (χ3v) is 4.60. The number of carbonyl (C=O) groups is 2. The van der Waals surface area contributed by atoms with Crippen LogP contribution in [0.1, 0.15) is 29.6 Å². The molecule has 2 saturated heterocycles. The molecule has 2 atom stereocenters. The summed E-state index contributed by atoms with van der Waals surface area (Å²) in [6.45, 7) is 3.02. The summed E-state index contributed by atoms with van der Waals surface area (Å²) in [5, 5.41) is 15.6. The molecule has 3 rings (SSSR count). The Hall–Kier alpha value is -2.08. The molecule has 0 saturated carbocycles. The summed E-state index contributed by atoms with van der Waals surface area (Å²) in [7, 11) is 0. The Morgan fingerprint density at radius 1 is 1.30 bits per heavy atom. The van der Waals surface area contributed by atoms with E-state index in [4.69, 9.17) is 0 Å². The van der Waals surface area contributed by atoms with Gasteiger partial charge in [0.2, 0.25) is 5.91 Å². The van der Waals surface area contributed by atoms with E-state index in [-0.39, 0.29) is 29.5 Å². The smallest absolute Gasteiger partial charge is 0.251 e. The van der Waals surface area contributed by atoms with Crippen molar-refractivity contribution in [3.8, 4) is 5.75 Å². The van der Waals surface area contributed by atoms with Gasteiger partial charge in [0.15, 0.2) is 0 Å². The summed E-state index contributed by atoms with van der Waals surface area (Å²) in [6, 6.07) is 6.18. The van der Waals surface area contributed by atoms with Gasteiger partial charge in [-0.3, -0.25) is 9.59 Å². The molecule has 6 nitrogen and oxygen atoms in total. The van der Waals surface area contributed by atoms with Gasteiger partial charge in [-0.1, -0.05) is 6.07 Å². The number of hydrogen-bond donors (Lipinski definition) is 3. The van der Waals surface area contributed by atoms with Crippen molar-refractivity contribution < 1.29 is 14.7 Å².